The molecule has 0 bridgehead atoms. The Kier molecular flexibility index (Phi) is 5.29. The maximum absolute atomic E-state index is 12.8. The zero-order valence-electron chi connectivity index (χ0n) is 16.7. The van der Waals surface area contributed by atoms with E-state index >= 15 is 0 Å². The highest BCUT2D eigenvalue weighted by atomic mass is 32.1. The Balaban J connectivity index is 1.62. The fourth-order valence-electron chi connectivity index (χ4n) is 3.16. The Bertz CT molecular complexity index is 1260. The first-order chi connectivity index (χ1) is 14.4. The average Bonchev–Trinajstić information content (AvgIpc) is 3.31. The van der Waals surface area contributed by atoms with E-state index in [0.29, 0.717) is 33.0 Å². The number of furan rings is 1. The Labute approximate surface area is 177 Å². The highest BCUT2D eigenvalue weighted by Gasteiger charge is 2.22. The summed E-state index contributed by atoms with van der Waals surface area (Å²) < 4.78 is 11.2. The third-order valence-electron chi connectivity index (χ3n) is 4.55. The number of thiophene rings is 1. The van der Waals surface area contributed by atoms with Crippen molar-refractivity contribution in [3.8, 4) is 5.75 Å². The fourth-order valence-corrected chi connectivity index (χ4v) is 3.93. The standard InChI is InChI=1S/C23H20N2O4S/c1-13-5-4-6-15(11-13)25-23(27)21-20(28-3)17-12-16(8-9-18(17)29-21)24-22(26)19-10-7-14(2)30-19/h4-12H,1-3H3,(H,24,26)(H,25,27). The molecular formula is C23H20N2O4S. The molecule has 30 heavy (non-hydrogen) atoms. The van der Waals surface area contributed by atoms with Crippen LogP contribution in [0.2, 0.25) is 0 Å². The van der Waals surface area contributed by atoms with Gasteiger partial charge in [-0.05, 0) is 61.9 Å². The summed E-state index contributed by atoms with van der Waals surface area (Å²) in [6, 6.07) is 16.4. The van der Waals surface area contributed by atoms with Gasteiger partial charge in [0.1, 0.15) is 5.58 Å². The molecule has 7 heteroatoms. The summed E-state index contributed by atoms with van der Waals surface area (Å²) in [6.45, 7) is 3.90. The van der Waals surface area contributed by atoms with E-state index in [1.807, 2.05) is 38.1 Å². The lowest BCUT2D eigenvalue weighted by Crippen LogP contribution is -2.12. The van der Waals surface area contributed by atoms with Crippen molar-refractivity contribution in [2.45, 2.75) is 13.8 Å². The van der Waals surface area contributed by atoms with E-state index in [0.717, 1.165) is 10.4 Å². The van der Waals surface area contributed by atoms with Gasteiger partial charge in [-0.25, -0.2) is 0 Å². The van der Waals surface area contributed by atoms with E-state index in [-0.39, 0.29) is 11.7 Å². The van der Waals surface area contributed by atoms with Crippen molar-refractivity contribution in [3.05, 3.63) is 75.7 Å². The SMILES string of the molecule is COc1c(C(=O)Nc2cccc(C)c2)oc2ccc(NC(=O)c3ccc(C)s3)cc12. The molecule has 0 radical (unpaired) electrons. The number of aryl methyl sites for hydroxylation is 2. The van der Waals surface area contributed by atoms with Crippen LogP contribution < -0.4 is 15.4 Å². The van der Waals surface area contributed by atoms with Gasteiger partial charge in [0.05, 0.1) is 17.4 Å². The van der Waals surface area contributed by atoms with E-state index < -0.39 is 5.91 Å². The predicted octanol–water partition coefficient (Wildman–Crippen LogP) is 5.62. The van der Waals surface area contributed by atoms with Crippen molar-refractivity contribution in [2.24, 2.45) is 0 Å². The van der Waals surface area contributed by atoms with Crippen LogP contribution in [0, 0.1) is 13.8 Å². The zero-order chi connectivity index (χ0) is 21.3. The molecule has 6 nitrogen and oxygen atoms in total. The van der Waals surface area contributed by atoms with Crippen LogP contribution >= 0.6 is 11.3 Å². The minimum Gasteiger partial charge on any atom is -0.492 e. The number of hydrogen-bond donors (Lipinski definition) is 2. The second kappa shape index (κ2) is 8.04. The van der Waals surface area contributed by atoms with Gasteiger partial charge in [0.25, 0.3) is 11.8 Å². The lowest BCUT2D eigenvalue weighted by atomic mass is 10.2. The quantitative estimate of drug-likeness (QED) is 0.439. The molecule has 0 aliphatic heterocycles. The van der Waals surface area contributed by atoms with Crippen molar-refractivity contribution < 1.29 is 18.7 Å². The van der Waals surface area contributed by atoms with Gasteiger partial charge < -0.3 is 19.8 Å². The van der Waals surface area contributed by atoms with Gasteiger partial charge in [-0.2, -0.15) is 0 Å². The average molecular weight is 420 g/mol. The van der Waals surface area contributed by atoms with Crippen LogP contribution in [0.25, 0.3) is 11.0 Å². The van der Waals surface area contributed by atoms with E-state index in [4.69, 9.17) is 9.15 Å². The van der Waals surface area contributed by atoms with Crippen LogP contribution in [0.3, 0.4) is 0 Å². The van der Waals surface area contributed by atoms with E-state index in [9.17, 15) is 9.59 Å². The molecule has 0 atom stereocenters. The summed E-state index contributed by atoms with van der Waals surface area (Å²) in [5.74, 6) is -0.204. The number of fused-ring (bicyclic) bond motifs is 1. The number of carbonyl (C=O) groups excluding carboxylic acids is 2. The van der Waals surface area contributed by atoms with Crippen molar-refractivity contribution >= 4 is 45.5 Å². The Hall–Kier alpha value is -3.58. The molecule has 4 rings (SSSR count). The molecule has 2 aromatic carbocycles. The molecule has 0 aliphatic carbocycles. The van der Waals surface area contributed by atoms with E-state index in [1.54, 1.807) is 30.3 Å². The third-order valence-corrected chi connectivity index (χ3v) is 5.55. The summed E-state index contributed by atoms with van der Waals surface area (Å²) in [7, 11) is 1.48. The predicted molar refractivity (Wildman–Crippen MR) is 119 cm³/mol. The van der Waals surface area contributed by atoms with Crippen LogP contribution in [0.5, 0.6) is 5.75 Å². The molecule has 0 unspecified atom stereocenters. The lowest BCUT2D eigenvalue weighted by Gasteiger charge is -2.06. The van der Waals surface area contributed by atoms with Crippen molar-refractivity contribution in [1.82, 2.24) is 0 Å². The van der Waals surface area contributed by atoms with E-state index in [1.165, 1.54) is 18.4 Å². The minimum absolute atomic E-state index is 0.0753. The van der Waals surface area contributed by atoms with Crippen LogP contribution in [-0.2, 0) is 0 Å². The number of ether oxygens (including phenoxy) is 1. The van der Waals surface area contributed by atoms with Crippen LogP contribution in [0.15, 0.2) is 59.0 Å². The van der Waals surface area contributed by atoms with Gasteiger partial charge in [-0.3, -0.25) is 9.59 Å². The smallest absolute Gasteiger partial charge is 0.295 e. The summed E-state index contributed by atoms with van der Waals surface area (Å²) in [6.07, 6.45) is 0. The Morgan fingerprint density at radius 3 is 2.40 bits per heavy atom. The summed E-state index contributed by atoms with van der Waals surface area (Å²) in [5.41, 5.74) is 2.78. The number of anilines is 2. The van der Waals surface area contributed by atoms with Crippen molar-refractivity contribution in [1.29, 1.82) is 0 Å². The molecule has 152 valence electrons. The van der Waals surface area contributed by atoms with Crippen LogP contribution in [0.1, 0.15) is 30.7 Å². The van der Waals surface area contributed by atoms with E-state index in [2.05, 4.69) is 10.6 Å². The monoisotopic (exact) mass is 420 g/mol. The first-order valence-corrected chi connectivity index (χ1v) is 10.1. The molecule has 0 saturated carbocycles. The number of rotatable bonds is 5. The molecule has 0 aliphatic rings. The summed E-state index contributed by atoms with van der Waals surface area (Å²) in [5, 5.41) is 6.30. The number of amides is 2. The van der Waals surface area contributed by atoms with Gasteiger partial charge in [0.15, 0.2) is 5.75 Å². The molecule has 2 N–H and O–H groups in total. The number of carbonyl (C=O) groups is 2. The largest absolute Gasteiger partial charge is 0.492 e. The van der Waals surface area contributed by atoms with Gasteiger partial charge in [-0.1, -0.05) is 12.1 Å². The molecule has 2 aromatic heterocycles. The first-order valence-electron chi connectivity index (χ1n) is 9.31. The van der Waals surface area contributed by atoms with Gasteiger partial charge >= 0.3 is 0 Å². The highest BCUT2D eigenvalue weighted by molar-refractivity contribution is 7.14. The Morgan fingerprint density at radius 1 is 0.933 bits per heavy atom. The van der Waals surface area contributed by atoms with Crippen LogP contribution in [0.4, 0.5) is 11.4 Å². The molecule has 2 heterocycles. The molecular weight excluding hydrogens is 400 g/mol. The zero-order valence-corrected chi connectivity index (χ0v) is 17.6. The maximum Gasteiger partial charge on any atom is 0.295 e. The molecule has 0 saturated heterocycles. The minimum atomic E-state index is -0.409. The maximum atomic E-state index is 12.8. The molecule has 0 spiro atoms. The van der Waals surface area contributed by atoms with Gasteiger partial charge in [-0.15, -0.1) is 11.3 Å². The number of benzene rings is 2. The first kappa shape index (κ1) is 19.7. The summed E-state index contributed by atoms with van der Waals surface area (Å²) in [4.78, 5) is 26.9. The summed E-state index contributed by atoms with van der Waals surface area (Å²) >= 11 is 1.43. The van der Waals surface area contributed by atoms with Gasteiger partial charge in [0.2, 0.25) is 5.76 Å². The number of nitrogens with one attached hydrogen (secondary N) is 2. The number of hydrogen-bond acceptors (Lipinski definition) is 5. The normalized spacial score (nSPS) is 10.8. The topological polar surface area (TPSA) is 80.6 Å². The second-order valence-electron chi connectivity index (χ2n) is 6.86. The molecule has 4 aromatic rings. The molecule has 2 amide bonds. The van der Waals surface area contributed by atoms with Gasteiger partial charge in [0, 0.05) is 16.3 Å². The Morgan fingerprint density at radius 2 is 1.70 bits per heavy atom. The molecule has 0 fully saturated rings. The number of methoxy groups -OCH3 is 1. The second-order valence-corrected chi connectivity index (χ2v) is 8.15. The van der Waals surface area contributed by atoms with Crippen molar-refractivity contribution in [3.63, 3.8) is 0 Å². The lowest BCUT2D eigenvalue weighted by molar-refractivity contribution is 0.0993. The highest BCUT2D eigenvalue weighted by Crippen LogP contribution is 2.35. The fraction of sp³-hybridized carbons (Fsp3) is 0.130. The third kappa shape index (κ3) is 3.92. The van der Waals surface area contributed by atoms with Crippen molar-refractivity contribution in [2.75, 3.05) is 17.7 Å². The van der Waals surface area contributed by atoms with Crippen LogP contribution in [-0.4, -0.2) is 18.9 Å².